The molecule has 0 saturated heterocycles. The number of benzene rings is 1. The van der Waals surface area contributed by atoms with Crippen LogP contribution in [0.4, 0.5) is 11.4 Å². The first-order valence-electron chi connectivity index (χ1n) is 5.80. The first-order chi connectivity index (χ1) is 9.63. The molecule has 0 saturated carbocycles. The molecular weight excluding hydrogens is 262 g/mol. The van der Waals surface area contributed by atoms with Crippen molar-refractivity contribution in [1.29, 1.82) is 0 Å². The summed E-state index contributed by atoms with van der Waals surface area (Å²) in [5.74, 6) is 0.760. The second kappa shape index (κ2) is 5.87. The van der Waals surface area contributed by atoms with Gasteiger partial charge in [-0.1, -0.05) is 17.3 Å². The van der Waals surface area contributed by atoms with Gasteiger partial charge < -0.3 is 14.6 Å². The summed E-state index contributed by atoms with van der Waals surface area (Å²) < 4.78 is 10.1. The highest BCUT2D eigenvalue weighted by Crippen LogP contribution is 2.25. The van der Waals surface area contributed by atoms with Gasteiger partial charge in [-0.3, -0.25) is 10.1 Å². The van der Waals surface area contributed by atoms with Crippen LogP contribution in [-0.4, -0.2) is 17.2 Å². The zero-order valence-corrected chi connectivity index (χ0v) is 11.0. The molecule has 0 aliphatic carbocycles. The number of rotatable bonds is 5. The maximum Gasteiger partial charge on any atom is 0.338 e. The summed E-state index contributed by atoms with van der Waals surface area (Å²) in [5, 5.41) is 17.4. The fraction of sp³-hybridized carbons (Fsp3) is 0.154. The van der Waals surface area contributed by atoms with E-state index in [1.807, 2.05) is 18.2 Å². The molecule has 0 bridgehead atoms. The number of hydrogen-bond acceptors (Lipinski definition) is 6. The smallest absolute Gasteiger partial charge is 0.338 e. The number of methoxy groups -OCH3 is 1. The van der Waals surface area contributed by atoms with Crippen LogP contribution in [0.3, 0.4) is 0 Å². The second-order valence-electron chi connectivity index (χ2n) is 3.92. The van der Waals surface area contributed by atoms with Gasteiger partial charge in [0, 0.05) is 12.3 Å². The van der Waals surface area contributed by atoms with Crippen molar-refractivity contribution in [2.24, 2.45) is 0 Å². The van der Waals surface area contributed by atoms with Gasteiger partial charge in [-0.15, -0.1) is 0 Å². The lowest BCUT2D eigenvalue weighted by Crippen LogP contribution is -1.93. The van der Waals surface area contributed by atoms with Crippen molar-refractivity contribution in [2.75, 3.05) is 12.4 Å². The normalized spacial score (nSPS) is 10.7. The zero-order valence-electron chi connectivity index (χ0n) is 11.0. The number of anilines is 1. The summed E-state index contributed by atoms with van der Waals surface area (Å²) in [6.07, 6.45) is 2.98. The summed E-state index contributed by atoms with van der Waals surface area (Å²) in [6.45, 7) is 1.52. The first kappa shape index (κ1) is 13.6. The molecule has 0 spiro atoms. The fourth-order valence-corrected chi connectivity index (χ4v) is 1.68. The van der Waals surface area contributed by atoms with Crippen molar-refractivity contribution in [2.45, 2.75) is 6.92 Å². The second-order valence-corrected chi connectivity index (χ2v) is 3.92. The van der Waals surface area contributed by atoms with E-state index < -0.39 is 4.92 Å². The van der Waals surface area contributed by atoms with Crippen LogP contribution in [-0.2, 0) is 0 Å². The molecule has 2 aromatic rings. The monoisotopic (exact) mass is 275 g/mol. The molecular formula is C13H13N3O4. The van der Waals surface area contributed by atoms with Gasteiger partial charge in [0.25, 0.3) is 0 Å². The lowest BCUT2D eigenvalue weighted by Gasteiger charge is -2.06. The molecule has 7 nitrogen and oxygen atoms in total. The van der Waals surface area contributed by atoms with Crippen LogP contribution in [0.1, 0.15) is 11.5 Å². The van der Waals surface area contributed by atoms with Gasteiger partial charge in [0.1, 0.15) is 5.75 Å². The molecule has 0 unspecified atom stereocenters. The van der Waals surface area contributed by atoms with Gasteiger partial charge in [-0.05, 0) is 19.1 Å². The SMILES string of the molecule is COc1ccccc1N/C=C/c1onc(C)c1[N+](=O)[O-]. The van der Waals surface area contributed by atoms with E-state index in [0.717, 1.165) is 5.69 Å². The van der Waals surface area contributed by atoms with Gasteiger partial charge in [0.05, 0.1) is 17.7 Å². The Morgan fingerprint density at radius 2 is 2.20 bits per heavy atom. The van der Waals surface area contributed by atoms with Crippen molar-refractivity contribution in [1.82, 2.24) is 5.16 Å². The van der Waals surface area contributed by atoms with Gasteiger partial charge >= 0.3 is 5.69 Å². The Kier molecular flexibility index (Phi) is 3.99. The summed E-state index contributed by atoms with van der Waals surface area (Å²) >= 11 is 0. The Bertz CT molecular complexity index is 649. The Balaban J connectivity index is 2.17. The number of aryl methyl sites for hydroxylation is 1. The molecule has 1 heterocycles. The molecule has 0 aliphatic rings. The minimum absolute atomic E-state index is 0.0925. The van der Waals surface area contributed by atoms with E-state index in [2.05, 4.69) is 10.5 Å². The molecule has 0 fully saturated rings. The van der Waals surface area contributed by atoms with Crippen molar-refractivity contribution >= 4 is 17.5 Å². The molecule has 2 rings (SSSR count). The lowest BCUT2D eigenvalue weighted by molar-refractivity contribution is -0.386. The summed E-state index contributed by atoms with van der Waals surface area (Å²) in [6, 6.07) is 7.32. The van der Waals surface area contributed by atoms with Crippen LogP contribution < -0.4 is 10.1 Å². The van der Waals surface area contributed by atoms with Gasteiger partial charge in [0.15, 0.2) is 5.69 Å². The van der Waals surface area contributed by atoms with E-state index in [1.165, 1.54) is 19.2 Å². The van der Waals surface area contributed by atoms with Gasteiger partial charge in [-0.2, -0.15) is 0 Å². The molecule has 7 heteroatoms. The topological polar surface area (TPSA) is 90.4 Å². The molecule has 20 heavy (non-hydrogen) atoms. The molecule has 1 aromatic carbocycles. The summed E-state index contributed by atoms with van der Waals surface area (Å²) in [4.78, 5) is 10.3. The third kappa shape index (κ3) is 2.77. The number of nitrogens with zero attached hydrogens (tertiary/aromatic N) is 2. The Morgan fingerprint density at radius 3 is 2.90 bits per heavy atom. The van der Waals surface area contributed by atoms with Crippen LogP contribution in [0.5, 0.6) is 5.75 Å². The lowest BCUT2D eigenvalue weighted by atomic mass is 10.3. The zero-order chi connectivity index (χ0) is 14.5. The van der Waals surface area contributed by atoms with Gasteiger partial charge in [-0.25, -0.2) is 0 Å². The largest absolute Gasteiger partial charge is 0.495 e. The van der Waals surface area contributed by atoms with Crippen LogP contribution >= 0.6 is 0 Å². The minimum Gasteiger partial charge on any atom is -0.495 e. The number of hydrogen-bond donors (Lipinski definition) is 1. The maximum atomic E-state index is 10.9. The fourth-order valence-electron chi connectivity index (χ4n) is 1.68. The van der Waals surface area contributed by atoms with E-state index in [0.29, 0.717) is 5.75 Å². The van der Waals surface area contributed by atoms with E-state index in [1.54, 1.807) is 13.2 Å². The van der Waals surface area contributed by atoms with Crippen molar-refractivity contribution < 1.29 is 14.2 Å². The number of para-hydroxylation sites is 2. The molecule has 0 aliphatic heterocycles. The Hall–Kier alpha value is -2.83. The third-order valence-electron chi connectivity index (χ3n) is 2.62. The Labute approximate surface area is 115 Å². The summed E-state index contributed by atoms with van der Waals surface area (Å²) in [7, 11) is 1.56. The number of nitrogens with one attached hydrogen (secondary N) is 1. The highest BCUT2D eigenvalue weighted by molar-refractivity contribution is 5.63. The maximum absolute atomic E-state index is 10.9. The van der Waals surface area contributed by atoms with Crippen molar-refractivity contribution in [3.8, 4) is 5.75 Å². The van der Waals surface area contributed by atoms with E-state index in [4.69, 9.17) is 9.26 Å². The highest BCUT2D eigenvalue weighted by atomic mass is 16.6. The molecule has 1 aromatic heterocycles. The number of nitro groups is 1. The standard InChI is InChI=1S/C13H13N3O4/c1-9-13(16(17)18)12(20-15-9)7-8-14-10-5-3-4-6-11(10)19-2/h3-8,14H,1-2H3/b8-7+. The number of aromatic nitrogens is 1. The average Bonchev–Trinajstić information content (AvgIpc) is 2.80. The molecule has 0 atom stereocenters. The minimum atomic E-state index is -0.519. The van der Waals surface area contributed by atoms with Crippen molar-refractivity contribution in [3.63, 3.8) is 0 Å². The van der Waals surface area contributed by atoms with E-state index >= 15 is 0 Å². The van der Waals surface area contributed by atoms with Crippen molar-refractivity contribution in [3.05, 3.63) is 52.0 Å². The quantitative estimate of drug-likeness (QED) is 0.666. The molecule has 0 radical (unpaired) electrons. The third-order valence-corrected chi connectivity index (χ3v) is 2.62. The summed E-state index contributed by atoms with van der Waals surface area (Å²) in [5.41, 5.74) is 0.847. The molecule has 0 amide bonds. The highest BCUT2D eigenvalue weighted by Gasteiger charge is 2.21. The average molecular weight is 275 g/mol. The van der Waals surface area contributed by atoms with Crippen LogP contribution in [0.2, 0.25) is 0 Å². The van der Waals surface area contributed by atoms with Crippen LogP contribution in [0, 0.1) is 17.0 Å². The Morgan fingerprint density at radius 1 is 1.45 bits per heavy atom. The first-order valence-corrected chi connectivity index (χ1v) is 5.80. The predicted octanol–water partition coefficient (Wildman–Crippen LogP) is 2.98. The molecule has 1 N–H and O–H groups in total. The van der Waals surface area contributed by atoms with E-state index in [9.17, 15) is 10.1 Å². The molecule has 104 valence electrons. The predicted molar refractivity (Wildman–Crippen MR) is 73.5 cm³/mol. The number of ether oxygens (including phenoxy) is 1. The van der Waals surface area contributed by atoms with Crippen LogP contribution in [0.25, 0.3) is 6.08 Å². The van der Waals surface area contributed by atoms with Crippen LogP contribution in [0.15, 0.2) is 35.0 Å². The van der Waals surface area contributed by atoms with Gasteiger partial charge in [0.2, 0.25) is 5.76 Å². The van der Waals surface area contributed by atoms with E-state index in [-0.39, 0.29) is 17.1 Å².